The molecule has 0 bridgehead atoms. The lowest BCUT2D eigenvalue weighted by molar-refractivity contribution is -0.0181. The molecule has 812 valence electrons. The highest BCUT2D eigenvalue weighted by molar-refractivity contribution is 5.92. The van der Waals surface area contributed by atoms with Gasteiger partial charge in [-0.3, -0.25) is 19.6 Å². The monoisotopic (exact) mass is 2080 g/mol. The highest BCUT2D eigenvalue weighted by Gasteiger charge is 2.38. The fourth-order valence-corrected chi connectivity index (χ4v) is 21.1. The van der Waals surface area contributed by atoms with Crippen molar-refractivity contribution in [3.8, 4) is 23.0 Å². The molecule has 0 amide bonds. The van der Waals surface area contributed by atoms with Gasteiger partial charge in [-0.1, -0.05) is 266 Å². The summed E-state index contributed by atoms with van der Waals surface area (Å²) in [6.07, 6.45) is 8.99. The number of benzene rings is 10. The van der Waals surface area contributed by atoms with Crippen molar-refractivity contribution in [2.75, 3.05) is 26.2 Å². The molecule has 2 saturated carbocycles. The zero-order chi connectivity index (χ0) is 102. The number of carbonyl (C=O) groups is 4. The number of hydrogen-bond acceptors (Lipinski definition) is 16. The van der Waals surface area contributed by atoms with Crippen molar-refractivity contribution < 1.29 is 58.6 Å². The Labute approximate surface area is 907 Å². The maximum Gasteiger partial charge on any atom is 0.338 e. The largest absolute Gasteiger partial charge is 0.508 e. The van der Waals surface area contributed by atoms with Crippen molar-refractivity contribution in [1.29, 1.82) is 0 Å². The van der Waals surface area contributed by atoms with Gasteiger partial charge in [0.1, 0.15) is 47.4 Å². The standard InChI is InChI=1S/2C32H47NO3.2C30H37NO3.4CH4.3ClH/c2*1-21(2)27-15-13-24(7)19-31(27)36-32(35)26-14-16-30(34)29(20-26)28(25-11-9-8-10-12-25)17-18-33(22(3)4)23(5)6;2*1-21(2)31(22(3)4)19-18-27(25-14-10-7-11-15-25)28-20-26(16-17-29(28)32)30(33)34-23(5)24-12-8-6-9-13-24;;;;;;;/h2*8-12,14,16,20-24,27-28,31,34H,13,15,17-19H2,1-7H3;2*6-17,20-23,27,32H,18-19H2,1-5H3;4*1H4;3*1H/t24-,27+,28+,31-;24-,27+,28-,31-;23-,27+;23-,27-;;;;;;;/m1000......./s1. The zero-order valence-electron chi connectivity index (χ0n) is 89.9. The molecular formula is C128H187Cl3N4O12. The molecule has 2 aliphatic rings. The van der Waals surface area contributed by atoms with Crippen LogP contribution in [0.1, 0.15) is 393 Å². The highest BCUT2D eigenvalue weighted by atomic mass is 35.5. The zero-order valence-corrected chi connectivity index (χ0v) is 92.4. The number of esters is 4. The topological polar surface area (TPSA) is 199 Å². The minimum Gasteiger partial charge on any atom is -0.508 e. The first-order valence-corrected chi connectivity index (χ1v) is 52.2. The summed E-state index contributed by atoms with van der Waals surface area (Å²) in [4.78, 5) is 62.5. The van der Waals surface area contributed by atoms with E-state index >= 15 is 0 Å². The normalized spacial score (nSPS) is 16.6. The molecule has 2 fully saturated rings. The van der Waals surface area contributed by atoms with E-state index in [1.165, 1.54) is 12.8 Å². The van der Waals surface area contributed by atoms with Gasteiger partial charge in [0.05, 0.1) is 22.3 Å². The van der Waals surface area contributed by atoms with E-state index in [0.29, 0.717) is 106 Å². The van der Waals surface area contributed by atoms with Crippen LogP contribution >= 0.6 is 37.2 Å². The number of rotatable bonds is 40. The third-order valence-electron chi connectivity index (χ3n) is 28.9. The number of phenols is 4. The lowest BCUT2D eigenvalue weighted by Crippen LogP contribution is -2.38. The van der Waals surface area contributed by atoms with E-state index in [1.807, 2.05) is 159 Å². The van der Waals surface area contributed by atoms with Crippen LogP contribution in [-0.2, 0) is 18.9 Å². The number of hydrogen-bond donors (Lipinski definition) is 4. The SMILES string of the molecule is C.C.C.C.CC(C)N(CC[C@@H](c1ccccc1)c1cc(C(=O)O[C@@H](C)c2ccccc2)ccc1O)C(C)C.CC(C)N(CC[C@H](c1ccccc1)c1cc(C(=O)O[C@@H](C)c2ccccc2)ccc1O)C(C)C.CC(C)[C@@H]1CC[C@@H](C)C[C@H]1OC(=O)c1ccc(O)c([C@@H](CCN(C(C)C)C(C)C)c2ccccc2)c1.CC(C)[C@H]1CC[C@H](C)C[C@@H]1OC(=O)c1ccc(O)c([C@@H](CCN(C(C)C)C(C)C)c2ccccc2)c1.Cl.Cl.Cl. The van der Waals surface area contributed by atoms with Crippen LogP contribution in [0.4, 0.5) is 0 Å². The minimum absolute atomic E-state index is 0. The molecule has 19 heteroatoms. The summed E-state index contributed by atoms with van der Waals surface area (Å²) < 4.78 is 23.7. The van der Waals surface area contributed by atoms with Gasteiger partial charge in [-0.15, -0.1) is 37.2 Å². The summed E-state index contributed by atoms with van der Waals surface area (Å²) in [6, 6.07) is 84.3. The van der Waals surface area contributed by atoms with E-state index < -0.39 is 11.9 Å². The highest BCUT2D eigenvalue weighted by Crippen LogP contribution is 2.44. The van der Waals surface area contributed by atoms with E-state index in [4.69, 9.17) is 18.9 Å². The average Bonchev–Trinajstić information content (AvgIpc) is 0.809. The van der Waals surface area contributed by atoms with Crippen LogP contribution in [0.5, 0.6) is 23.0 Å². The first-order valence-electron chi connectivity index (χ1n) is 52.2. The molecule has 12 atom stereocenters. The van der Waals surface area contributed by atoms with Gasteiger partial charge >= 0.3 is 23.9 Å². The predicted octanol–water partition coefficient (Wildman–Crippen LogP) is 33.0. The lowest BCUT2D eigenvalue weighted by Gasteiger charge is -2.36. The molecule has 12 rings (SSSR count). The van der Waals surface area contributed by atoms with Crippen molar-refractivity contribution in [2.24, 2.45) is 35.5 Å². The van der Waals surface area contributed by atoms with Crippen LogP contribution < -0.4 is 0 Å². The molecule has 10 aromatic rings. The minimum atomic E-state index is -0.393. The van der Waals surface area contributed by atoms with Crippen molar-refractivity contribution in [2.45, 2.75) is 357 Å². The molecule has 0 unspecified atom stereocenters. The molecule has 0 heterocycles. The molecular weight excluding hydrogens is 1890 g/mol. The summed E-state index contributed by atoms with van der Waals surface area (Å²) in [6.45, 7) is 56.2. The van der Waals surface area contributed by atoms with Crippen LogP contribution in [0.25, 0.3) is 0 Å². The van der Waals surface area contributed by atoms with Crippen LogP contribution in [0.3, 0.4) is 0 Å². The Morgan fingerprint density at radius 1 is 0.272 bits per heavy atom. The molecule has 4 N–H and O–H groups in total. The average molecular weight is 2080 g/mol. The van der Waals surface area contributed by atoms with Gasteiger partial charge in [-0.05, 0) is 344 Å². The summed E-state index contributed by atoms with van der Waals surface area (Å²) in [5.41, 5.74) is 11.4. The lowest BCUT2D eigenvalue weighted by atomic mass is 9.75. The van der Waals surface area contributed by atoms with Crippen LogP contribution in [0.2, 0.25) is 0 Å². The molecule has 10 aromatic carbocycles. The molecule has 0 spiro atoms. The Morgan fingerprint density at radius 2 is 0.463 bits per heavy atom. The summed E-state index contributed by atoms with van der Waals surface area (Å²) >= 11 is 0. The Morgan fingerprint density at radius 3 is 0.653 bits per heavy atom. The van der Waals surface area contributed by atoms with Crippen molar-refractivity contribution in [1.82, 2.24) is 19.6 Å². The first-order chi connectivity index (χ1) is 66.7. The number of carbonyl (C=O) groups excluding carboxylic acids is 4. The number of aromatic hydroxyl groups is 4. The molecule has 0 radical (unpaired) electrons. The van der Waals surface area contributed by atoms with Gasteiger partial charge in [0.25, 0.3) is 0 Å². The van der Waals surface area contributed by atoms with E-state index in [-0.39, 0.29) is 150 Å². The Kier molecular flexibility index (Phi) is 59.6. The quantitative estimate of drug-likeness (QED) is 0.0209. The second-order valence-electron chi connectivity index (χ2n) is 42.3. The number of phenolic OH excluding ortho intramolecular Hbond substituents is 4. The van der Waals surface area contributed by atoms with Crippen LogP contribution in [-0.4, -0.2) is 151 Å². The maximum absolute atomic E-state index is 13.3. The van der Waals surface area contributed by atoms with Gasteiger partial charge < -0.3 is 39.4 Å². The van der Waals surface area contributed by atoms with E-state index in [9.17, 15) is 39.6 Å². The molecule has 0 saturated heterocycles. The Balaban J connectivity index is 0.000000652. The summed E-state index contributed by atoms with van der Waals surface area (Å²) in [7, 11) is 0. The van der Waals surface area contributed by atoms with Gasteiger partial charge in [0, 0.05) is 94.3 Å². The summed E-state index contributed by atoms with van der Waals surface area (Å²) in [5, 5.41) is 43.5. The molecule has 147 heavy (non-hydrogen) atoms. The second-order valence-corrected chi connectivity index (χ2v) is 42.3. The van der Waals surface area contributed by atoms with E-state index in [0.717, 1.165) is 133 Å². The Hall–Kier alpha value is -10.0. The van der Waals surface area contributed by atoms with E-state index in [1.54, 1.807) is 60.7 Å². The van der Waals surface area contributed by atoms with Gasteiger partial charge in [-0.2, -0.15) is 0 Å². The second kappa shape index (κ2) is 65.8. The van der Waals surface area contributed by atoms with Gasteiger partial charge in [0.15, 0.2) is 0 Å². The third-order valence-corrected chi connectivity index (χ3v) is 28.9. The third kappa shape index (κ3) is 39.7. The fourth-order valence-electron chi connectivity index (χ4n) is 21.1. The van der Waals surface area contributed by atoms with E-state index in [2.05, 4.69) is 220 Å². The van der Waals surface area contributed by atoms with Gasteiger partial charge in [-0.25, -0.2) is 19.2 Å². The van der Waals surface area contributed by atoms with Gasteiger partial charge in [0.2, 0.25) is 0 Å². The number of ether oxygens (including phenoxy) is 4. The molecule has 2 aliphatic carbocycles. The summed E-state index contributed by atoms with van der Waals surface area (Å²) in [5.74, 6) is 2.30. The maximum atomic E-state index is 13.3. The van der Waals surface area contributed by atoms with Crippen LogP contribution in [0.15, 0.2) is 255 Å². The molecule has 16 nitrogen and oxygen atoms in total. The number of halogens is 3. The molecule has 0 aromatic heterocycles. The fraction of sp³-hybridized carbons (Fsp3) is 0.500. The van der Waals surface area contributed by atoms with Crippen molar-refractivity contribution >= 4 is 61.1 Å². The van der Waals surface area contributed by atoms with Crippen molar-refractivity contribution in [3.63, 3.8) is 0 Å². The Bertz CT molecular complexity index is 5020. The smallest absolute Gasteiger partial charge is 0.338 e. The number of nitrogens with zero attached hydrogens (tertiary/aromatic N) is 4. The van der Waals surface area contributed by atoms with Crippen molar-refractivity contribution in [3.05, 3.63) is 333 Å². The first kappa shape index (κ1) is 133. The molecule has 0 aliphatic heterocycles. The van der Waals surface area contributed by atoms with Crippen LogP contribution in [0, 0.1) is 35.5 Å². The predicted molar refractivity (Wildman–Crippen MR) is 622 cm³/mol.